The van der Waals surface area contributed by atoms with E-state index in [0.717, 1.165) is 25.7 Å². The van der Waals surface area contributed by atoms with E-state index in [9.17, 15) is 10.2 Å². The van der Waals surface area contributed by atoms with E-state index >= 15 is 0 Å². The molecule has 0 aliphatic heterocycles. The van der Waals surface area contributed by atoms with Crippen molar-refractivity contribution in [2.75, 3.05) is 0 Å². The first-order valence-corrected chi connectivity index (χ1v) is 11.9. The minimum absolute atomic E-state index is 0.251. The predicted molar refractivity (Wildman–Crippen MR) is 120 cm³/mol. The highest BCUT2D eigenvalue weighted by Crippen LogP contribution is 2.45. The monoisotopic (exact) mass is 390 g/mol. The van der Waals surface area contributed by atoms with Gasteiger partial charge in [0.05, 0.1) is 12.2 Å². The van der Waals surface area contributed by atoms with Gasteiger partial charge in [0.1, 0.15) is 0 Å². The molecule has 0 aromatic carbocycles. The zero-order chi connectivity index (χ0) is 21.0. The average molecular weight is 391 g/mol. The number of unbranched alkanes of at least 4 members (excludes halogenated alkanes) is 1. The highest BCUT2D eigenvalue weighted by atomic mass is 16.3. The summed E-state index contributed by atoms with van der Waals surface area (Å²) < 4.78 is 0. The molecule has 2 rings (SSSR count). The standard InChI is InChI=1S/C26H46O2/c1-8-9-10-21-14-25(27)20(7)23(19(21)6)15-24-22(12-11-16(2)3)13-17(4)18(5)26(24)28/h14,16-20,23,25-28H,8-13,15H2,1-7H3. The number of hydrogen-bond acceptors (Lipinski definition) is 2. The maximum atomic E-state index is 11.2. The van der Waals surface area contributed by atoms with Crippen LogP contribution in [0.2, 0.25) is 0 Å². The second-order valence-corrected chi connectivity index (χ2v) is 10.4. The third-order valence-corrected chi connectivity index (χ3v) is 7.90. The maximum Gasteiger partial charge on any atom is 0.0781 e. The van der Waals surface area contributed by atoms with Gasteiger partial charge in [0.25, 0.3) is 0 Å². The lowest BCUT2D eigenvalue weighted by molar-refractivity contribution is 0.0693. The molecule has 2 heteroatoms. The van der Waals surface area contributed by atoms with E-state index in [1.807, 2.05) is 0 Å². The molecule has 0 saturated heterocycles. The molecule has 2 N–H and O–H groups in total. The molecule has 0 aromatic rings. The zero-order valence-corrected chi connectivity index (χ0v) is 19.5. The quantitative estimate of drug-likeness (QED) is 0.463. The lowest BCUT2D eigenvalue weighted by atomic mass is 9.65. The minimum Gasteiger partial charge on any atom is -0.389 e. The summed E-state index contributed by atoms with van der Waals surface area (Å²) in [4.78, 5) is 0. The molecule has 0 heterocycles. The number of hydrogen-bond donors (Lipinski definition) is 2. The third-order valence-electron chi connectivity index (χ3n) is 7.90. The maximum absolute atomic E-state index is 11.2. The molecule has 0 radical (unpaired) electrons. The smallest absolute Gasteiger partial charge is 0.0781 e. The number of aliphatic hydroxyl groups is 2. The first kappa shape index (κ1) is 23.7. The van der Waals surface area contributed by atoms with Crippen molar-refractivity contribution in [2.24, 2.45) is 35.5 Å². The molecule has 162 valence electrons. The van der Waals surface area contributed by atoms with Gasteiger partial charge in [-0.3, -0.25) is 0 Å². The first-order chi connectivity index (χ1) is 13.2. The Kier molecular flexibility index (Phi) is 8.82. The van der Waals surface area contributed by atoms with Crippen LogP contribution >= 0.6 is 0 Å². The SMILES string of the molecule is CCCCC1=CC(O)C(C)C(CC2=C(CCC(C)C)CC(C)C(C)C2O)C1C. The lowest BCUT2D eigenvalue weighted by Gasteiger charge is -2.42. The Balaban J connectivity index is 2.28. The van der Waals surface area contributed by atoms with Crippen LogP contribution in [0.1, 0.15) is 93.4 Å². The van der Waals surface area contributed by atoms with Gasteiger partial charge in [0.15, 0.2) is 0 Å². The topological polar surface area (TPSA) is 40.5 Å². The molecular formula is C26H46O2. The largest absolute Gasteiger partial charge is 0.389 e. The van der Waals surface area contributed by atoms with Crippen molar-refractivity contribution in [3.05, 3.63) is 22.8 Å². The van der Waals surface area contributed by atoms with E-state index in [1.165, 1.54) is 36.0 Å². The van der Waals surface area contributed by atoms with Gasteiger partial charge in [-0.1, -0.05) is 72.1 Å². The molecule has 0 spiro atoms. The van der Waals surface area contributed by atoms with Crippen molar-refractivity contribution in [1.29, 1.82) is 0 Å². The van der Waals surface area contributed by atoms with Crippen molar-refractivity contribution >= 4 is 0 Å². The molecule has 0 saturated carbocycles. The number of allylic oxidation sites excluding steroid dienone is 2. The highest BCUT2D eigenvalue weighted by Gasteiger charge is 2.38. The zero-order valence-electron chi connectivity index (χ0n) is 19.5. The summed E-state index contributed by atoms with van der Waals surface area (Å²) >= 11 is 0. The van der Waals surface area contributed by atoms with Gasteiger partial charge >= 0.3 is 0 Å². The van der Waals surface area contributed by atoms with Gasteiger partial charge in [-0.2, -0.15) is 0 Å². The van der Waals surface area contributed by atoms with Gasteiger partial charge < -0.3 is 10.2 Å². The van der Waals surface area contributed by atoms with Crippen molar-refractivity contribution < 1.29 is 10.2 Å². The summed E-state index contributed by atoms with van der Waals surface area (Å²) in [6.45, 7) is 15.9. The fourth-order valence-corrected chi connectivity index (χ4v) is 5.35. The molecule has 0 fully saturated rings. The second-order valence-electron chi connectivity index (χ2n) is 10.4. The molecule has 2 nitrogen and oxygen atoms in total. The summed E-state index contributed by atoms with van der Waals surface area (Å²) in [5.41, 5.74) is 4.28. The van der Waals surface area contributed by atoms with Crippen LogP contribution in [-0.4, -0.2) is 22.4 Å². The van der Waals surface area contributed by atoms with E-state index < -0.39 is 0 Å². The second kappa shape index (κ2) is 10.4. The molecule has 0 amide bonds. The van der Waals surface area contributed by atoms with Crippen LogP contribution in [0.5, 0.6) is 0 Å². The Hall–Kier alpha value is -0.600. The fraction of sp³-hybridized carbons (Fsp3) is 0.846. The van der Waals surface area contributed by atoms with Gasteiger partial charge in [0.2, 0.25) is 0 Å². The van der Waals surface area contributed by atoms with E-state index in [4.69, 9.17) is 0 Å². The van der Waals surface area contributed by atoms with Crippen molar-refractivity contribution in [3.8, 4) is 0 Å². The van der Waals surface area contributed by atoms with Crippen LogP contribution in [0.4, 0.5) is 0 Å². The summed E-state index contributed by atoms with van der Waals surface area (Å²) in [6.07, 6.45) is 9.39. The lowest BCUT2D eigenvalue weighted by Crippen LogP contribution is -2.38. The molecule has 2 aliphatic carbocycles. The van der Waals surface area contributed by atoms with Gasteiger partial charge in [-0.15, -0.1) is 0 Å². The molecule has 0 bridgehead atoms. The molecule has 7 unspecified atom stereocenters. The fourth-order valence-electron chi connectivity index (χ4n) is 5.35. The minimum atomic E-state index is -0.343. The van der Waals surface area contributed by atoms with Crippen LogP contribution in [0, 0.1) is 35.5 Å². The van der Waals surface area contributed by atoms with Crippen molar-refractivity contribution in [1.82, 2.24) is 0 Å². The van der Waals surface area contributed by atoms with Crippen LogP contribution in [0.15, 0.2) is 22.8 Å². The summed E-state index contributed by atoms with van der Waals surface area (Å²) in [5, 5.41) is 21.9. The molecule has 28 heavy (non-hydrogen) atoms. The normalized spacial score (nSPS) is 36.8. The summed E-state index contributed by atoms with van der Waals surface area (Å²) in [5.74, 6) is 2.73. The third kappa shape index (κ3) is 5.51. The summed E-state index contributed by atoms with van der Waals surface area (Å²) in [7, 11) is 0. The number of rotatable bonds is 8. The van der Waals surface area contributed by atoms with E-state index in [2.05, 4.69) is 54.5 Å². The Labute approximate surface area is 174 Å². The van der Waals surface area contributed by atoms with Crippen molar-refractivity contribution in [3.63, 3.8) is 0 Å². The molecule has 0 aromatic heterocycles. The van der Waals surface area contributed by atoms with Gasteiger partial charge in [0, 0.05) is 0 Å². The van der Waals surface area contributed by atoms with Gasteiger partial charge in [-0.25, -0.2) is 0 Å². The molecule has 7 atom stereocenters. The first-order valence-electron chi connectivity index (χ1n) is 11.9. The Morgan fingerprint density at radius 1 is 1.04 bits per heavy atom. The van der Waals surface area contributed by atoms with Crippen molar-refractivity contribution in [2.45, 2.75) is 106 Å². The van der Waals surface area contributed by atoms with Crippen LogP contribution in [0.3, 0.4) is 0 Å². The van der Waals surface area contributed by atoms with E-state index in [-0.39, 0.29) is 18.1 Å². The molecular weight excluding hydrogens is 344 g/mol. The predicted octanol–water partition coefficient (Wildman–Crippen LogP) is 6.53. The van der Waals surface area contributed by atoms with E-state index in [0.29, 0.717) is 29.6 Å². The summed E-state index contributed by atoms with van der Waals surface area (Å²) in [6, 6.07) is 0. The van der Waals surface area contributed by atoms with Crippen LogP contribution in [-0.2, 0) is 0 Å². The Morgan fingerprint density at radius 2 is 1.71 bits per heavy atom. The Morgan fingerprint density at radius 3 is 2.32 bits per heavy atom. The van der Waals surface area contributed by atoms with Crippen LogP contribution in [0.25, 0.3) is 0 Å². The molecule has 2 aliphatic rings. The highest BCUT2D eigenvalue weighted by molar-refractivity contribution is 5.26. The Bertz CT molecular complexity index is 559. The van der Waals surface area contributed by atoms with Crippen LogP contribution < -0.4 is 0 Å². The van der Waals surface area contributed by atoms with Gasteiger partial charge in [-0.05, 0) is 79.6 Å². The average Bonchev–Trinajstić information content (AvgIpc) is 2.65. The number of aliphatic hydroxyl groups excluding tert-OH is 2. The van der Waals surface area contributed by atoms with E-state index in [1.54, 1.807) is 0 Å².